The number of aromatic nitrogens is 2. The van der Waals surface area contributed by atoms with Gasteiger partial charge in [-0.3, -0.25) is 9.48 Å². The molecule has 0 spiro atoms. The average molecular weight is 352 g/mol. The van der Waals surface area contributed by atoms with Gasteiger partial charge in [0, 0.05) is 11.0 Å². The Labute approximate surface area is 153 Å². The van der Waals surface area contributed by atoms with Crippen LogP contribution in [0.3, 0.4) is 0 Å². The molecular formula is C22H25FN2O. The van der Waals surface area contributed by atoms with Crippen molar-refractivity contribution in [2.24, 2.45) is 17.3 Å². The molecule has 26 heavy (non-hydrogen) atoms. The Bertz CT molecular complexity index is 998. The van der Waals surface area contributed by atoms with E-state index in [-0.39, 0.29) is 22.2 Å². The molecule has 0 saturated heterocycles. The third-order valence-electron chi connectivity index (χ3n) is 7.83. The molecule has 0 bridgehead atoms. The van der Waals surface area contributed by atoms with Gasteiger partial charge >= 0.3 is 0 Å². The first-order valence-corrected chi connectivity index (χ1v) is 9.57. The van der Waals surface area contributed by atoms with Crippen molar-refractivity contribution >= 4 is 0 Å². The molecule has 4 atom stereocenters. The van der Waals surface area contributed by atoms with Crippen LogP contribution in [0.5, 0.6) is 0 Å². The molecule has 3 aliphatic rings. The van der Waals surface area contributed by atoms with E-state index in [1.54, 1.807) is 29.0 Å². The van der Waals surface area contributed by atoms with Crippen molar-refractivity contribution in [1.82, 2.24) is 9.36 Å². The number of nitrogens with zero attached hydrogens (tertiary/aromatic N) is 2. The van der Waals surface area contributed by atoms with E-state index in [4.69, 9.17) is 0 Å². The van der Waals surface area contributed by atoms with Crippen LogP contribution in [-0.2, 0) is 12.0 Å². The Kier molecular flexibility index (Phi) is 2.96. The van der Waals surface area contributed by atoms with Crippen molar-refractivity contribution in [2.45, 2.75) is 51.5 Å². The van der Waals surface area contributed by atoms with Crippen LogP contribution in [0, 0.1) is 23.1 Å². The van der Waals surface area contributed by atoms with E-state index in [1.165, 1.54) is 12.5 Å². The zero-order valence-corrected chi connectivity index (χ0v) is 15.6. The Balaban J connectivity index is 1.86. The number of fused-ring (bicyclic) bond motifs is 6. The SMILES string of the molecule is C=CCn1c2c(c(=O)n1-c1ccccc1F)C1CCC1C1C(C)(C)[C@]21C. The molecule has 1 heterocycles. The first-order valence-electron chi connectivity index (χ1n) is 9.57. The normalized spacial score (nSPS) is 32.8. The Hall–Kier alpha value is -2.10. The zero-order chi connectivity index (χ0) is 18.4. The summed E-state index contributed by atoms with van der Waals surface area (Å²) in [6.07, 6.45) is 4.09. The highest BCUT2D eigenvalue weighted by Crippen LogP contribution is 2.79. The predicted octanol–water partition coefficient (Wildman–Crippen LogP) is 4.39. The zero-order valence-electron chi connectivity index (χ0n) is 15.6. The van der Waals surface area contributed by atoms with Crippen LogP contribution in [0.4, 0.5) is 4.39 Å². The molecule has 3 aliphatic carbocycles. The van der Waals surface area contributed by atoms with E-state index in [9.17, 15) is 9.18 Å². The number of benzene rings is 1. The molecule has 2 saturated carbocycles. The van der Waals surface area contributed by atoms with E-state index in [1.807, 2.05) is 4.68 Å². The lowest BCUT2D eigenvalue weighted by Gasteiger charge is -2.42. The Morgan fingerprint density at radius 1 is 1.27 bits per heavy atom. The lowest BCUT2D eigenvalue weighted by Crippen LogP contribution is -2.37. The molecule has 0 amide bonds. The monoisotopic (exact) mass is 352 g/mol. The fourth-order valence-electron chi connectivity index (χ4n) is 6.33. The Morgan fingerprint density at radius 2 is 2.00 bits per heavy atom. The van der Waals surface area contributed by atoms with Gasteiger partial charge in [-0.2, -0.15) is 0 Å². The average Bonchev–Trinajstić information content (AvgIpc) is 2.86. The summed E-state index contributed by atoms with van der Waals surface area (Å²) in [7, 11) is 0. The van der Waals surface area contributed by atoms with Gasteiger partial charge in [-0.25, -0.2) is 9.07 Å². The number of para-hydroxylation sites is 1. The summed E-state index contributed by atoms with van der Waals surface area (Å²) in [5.74, 6) is 1.18. The summed E-state index contributed by atoms with van der Waals surface area (Å²) in [6, 6.07) is 6.56. The lowest BCUT2D eigenvalue weighted by molar-refractivity contribution is 0.181. The van der Waals surface area contributed by atoms with Crippen LogP contribution in [0.1, 0.15) is 50.8 Å². The maximum atomic E-state index is 14.6. The smallest absolute Gasteiger partial charge is 0.275 e. The second kappa shape index (κ2) is 4.79. The van der Waals surface area contributed by atoms with Gasteiger partial charge in [-0.15, -0.1) is 6.58 Å². The minimum atomic E-state index is -0.364. The van der Waals surface area contributed by atoms with E-state index >= 15 is 0 Å². The summed E-state index contributed by atoms with van der Waals surface area (Å²) in [4.78, 5) is 13.5. The molecule has 0 N–H and O–H groups in total. The molecule has 2 fully saturated rings. The summed E-state index contributed by atoms with van der Waals surface area (Å²) in [5.41, 5.74) is 2.51. The minimum Gasteiger partial charge on any atom is -0.277 e. The van der Waals surface area contributed by atoms with Gasteiger partial charge in [-0.1, -0.05) is 39.0 Å². The van der Waals surface area contributed by atoms with Gasteiger partial charge in [0.05, 0.1) is 12.2 Å². The van der Waals surface area contributed by atoms with E-state index in [0.29, 0.717) is 30.0 Å². The number of hydrogen-bond donors (Lipinski definition) is 0. The molecule has 0 radical (unpaired) electrons. The molecule has 2 aromatic rings. The second-order valence-electron chi connectivity index (χ2n) is 8.95. The number of hydrogen-bond acceptors (Lipinski definition) is 1. The van der Waals surface area contributed by atoms with Crippen LogP contribution in [0.2, 0.25) is 0 Å². The predicted molar refractivity (Wildman–Crippen MR) is 100 cm³/mol. The van der Waals surface area contributed by atoms with Crippen molar-refractivity contribution in [1.29, 1.82) is 0 Å². The van der Waals surface area contributed by atoms with E-state index in [0.717, 1.165) is 17.7 Å². The standard InChI is InChI=1S/C22H25FN2O/c1-5-12-24-19-17(20(26)25(24)16-9-7-6-8-15(16)23)13-10-11-14(13)18-21(2,3)22(18,19)4/h5-9,13-14,18H,1,10-12H2,2-4H3/t13?,14?,18?,22-/m0/s1. The highest BCUT2D eigenvalue weighted by atomic mass is 19.1. The second-order valence-corrected chi connectivity index (χ2v) is 8.95. The fourth-order valence-corrected chi connectivity index (χ4v) is 6.33. The van der Waals surface area contributed by atoms with Gasteiger partial charge in [0.25, 0.3) is 5.56 Å². The highest BCUT2D eigenvalue weighted by Gasteiger charge is 2.77. The van der Waals surface area contributed by atoms with E-state index < -0.39 is 0 Å². The van der Waals surface area contributed by atoms with Gasteiger partial charge in [0.2, 0.25) is 0 Å². The topological polar surface area (TPSA) is 26.9 Å². The summed E-state index contributed by atoms with van der Waals surface area (Å²) >= 11 is 0. The molecule has 3 unspecified atom stereocenters. The Morgan fingerprint density at radius 3 is 2.62 bits per heavy atom. The molecule has 1 aromatic heterocycles. The van der Waals surface area contributed by atoms with Crippen LogP contribution >= 0.6 is 0 Å². The van der Waals surface area contributed by atoms with Crippen molar-refractivity contribution in [3.8, 4) is 5.69 Å². The number of allylic oxidation sites excluding steroid dienone is 1. The van der Waals surface area contributed by atoms with Crippen molar-refractivity contribution in [3.63, 3.8) is 0 Å². The maximum absolute atomic E-state index is 14.6. The lowest BCUT2D eigenvalue weighted by atomic mass is 9.62. The number of rotatable bonds is 3. The first kappa shape index (κ1) is 16.1. The van der Waals surface area contributed by atoms with Gasteiger partial charge < -0.3 is 0 Å². The van der Waals surface area contributed by atoms with Crippen LogP contribution in [0.15, 0.2) is 41.7 Å². The summed E-state index contributed by atoms with van der Waals surface area (Å²) in [6.45, 7) is 11.3. The third-order valence-corrected chi connectivity index (χ3v) is 7.83. The summed E-state index contributed by atoms with van der Waals surface area (Å²) in [5, 5.41) is 0. The molecule has 136 valence electrons. The quantitative estimate of drug-likeness (QED) is 0.753. The minimum absolute atomic E-state index is 0.0252. The molecule has 0 aliphatic heterocycles. The van der Waals surface area contributed by atoms with Crippen LogP contribution < -0.4 is 5.56 Å². The van der Waals surface area contributed by atoms with Crippen LogP contribution in [0.25, 0.3) is 5.69 Å². The fraction of sp³-hybridized carbons (Fsp3) is 0.500. The van der Waals surface area contributed by atoms with Crippen LogP contribution in [-0.4, -0.2) is 9.36 Å². The number of halogens is 1. The van der Waals surface area contributed by atoms with Gasteiger partial charge in [-0.05, 0) is 48.1 Å². The third kappa shape index (κ3) is 1.58. The molecule has 4 heteroatoms. The first-order chi connectivity index (χ1) is 12.4. The van der Waals surface area contributed by atoms with Crippen molar-refractivity contribution < 1.29 is 4.39 Å². The summed E-state index contributed by atoms with van der Waals surface area (Å²) < 4.78 is 18.2. The van der Waals surface area contributed by atoms with Crippen molar-refractivity contribution in [3.05, 3.63) is 64.3 Å². The largest absolute Gasteiger partial charge is 0.277 e. The highest BCUT2D eigenvalue weighted by molar-refractivity contribution is 5.50. The molecule has 3 nitrogen and oxygen atoms in total. The molecule has 5 rings (SSSR count). The molecular weight excluding hydrogens is 327 g/mol. The van der Waals surface area contributed by atoms with Gasteiger partial charge in [0.15, 0.2) is 0 Å². The maximum Gasteiger partial charge on any atom is 0.275 e. The van der Waals surface area contributed by atoms with Crippen molar-refractivity contribution in [2.75, 3.05) is 0 Å². The van der Waals surface area contributed by atoms with E-state index in [2.05, 4.69) is 27.4 Å². The van der Waals surface area contributed by atoms with Gasteiger partial charge in [0.1, 0.15) is 11.5 Å². The molecule has 1 aromatic carbocycles.